The summed E-state index contributed by atoms with van der Waals surface area (Å²) in [4.78, 5) is 2.93. The van der Waals surface area contributed by atoms with E-state index in [0.717, 1.165) is 24.0 Å². The number of allylic oxidation sites excluding steroid dienone is 1. The number of hydrogen-bond acceptors (Lipinski definition) is 5. The molecule has 0 radical (unpaired) electrons. The van der Waals surface area contributed by atoms with E-state index in [1.54, 1.807) is 0 Å². The lowest BCUT2D eigenvalue weighted by Gasteiger charge is -2.24. The molecule has 0 aromatic heterocycles. The predicted molar refractivity (Wildman–Crippen MR) is 118 cm³/mol. The highest BCUT2D eigenvalue weighted by Crippen LogP contribution is 2.26. The molecule has 4 nitrogen and oxygen atoms in total. The zero-order valence-corrected chi connectivity index (χ0v) is 17.4. The Bertz CT molecular complexity index is 835. The highest BCUT2D eigenvalue weighted by Gasteiger charge is 2.17. The van der Waals surface area contributed by atoms with Crippen LogP contribution in [0, 0.1) is 11.3 Å². The molecule has 0 atom stereocenters. The minimum atomic E-state index is -0.237. The van der Waals surface area contributed by atoms with Crippen molar-refractivity contribution in [1.82, 2.24) is 4.72 Å². The van der Waals surface area contributed by atoms with Crippen LogP contribution in [0.4, 0.5) is 5.69 Å². The molecule has 5 heteroatoms. The maximum absolute atomic E-state index is 9.45. The SMILES string of the molecule is CCN(CC)c1ccc2cc(/C=C(\C#N)SNC(C)(C)CCO)ccc2c1. The molecule has 2 aromatic rings. The fraction of sp³-hybridized carbons (Fsp3) is 0.409. The average molecular weight is 384 g/mol. The van der Waals surface area contributed by atoms with E-state index >= 15 is 0 Å². The van der Waals surface area contributed by atoms with Gasteiger partial charge in [-0.1, -0.05) is 18.2 Å². The number of rotatable bonds is 9. The van der Waals surface area contributed by atoms with Gasteiger partial charge >= 0.3 is 0 Å². The Morgan fingerprint density at radius 2 is 1.85 bits per heavy atom. The van der Waals surface area contributed by atoms with Gasteiger partial charge in [0, 0.05) is 30.9 Å². The molecule has 27 heavy (non-hydrogen) atoms. The zero-order valence-electron chi connectivity index (χ0n) is 16.6. The third kappa shape index (κ3) is 6.00. The van der Waals surface area contributed by atoms with Crippen LogP contribution in [-0.2, 0) is 0 Å². The molecular formula is C22H29N3OS. The molecule has 2 rings (SSSR count). The molecule has 0 bridgehead atoms. The Morgan fingerprint density at radius 3 is 2.48 bits per heavy atom. The molecule has 0 heterocycles. The second kappa shape index (κ2) is 9.80. The van der Waals surface area contributed by atoms with Crippen molar-refractivity contribution in [3.05, 3.63) is 46.9 Å². The number of fused-ring (bicyclic) bond motifs is 1. The van der Waals surface area contributed by atoms with Gasteiger partial charge in [-0.15, -0.1) is 0 Å². The van der Waals surface area contributed by atoms with Gasteiger partial charge in [-0.25, -0.2) is 0 Å². The van der Waals surface area contributed by atoms with Gasteiger partial charge in [0.2, 0.25) is 0 Å². The molecule has 2 N–H and O–H groups in total. The number of nitrogens with zero attached hydrogens (tertiary/aromatic N) is 2. The predicted octanol–water partition coefficient (Wildman–Crippen LogP) is 4.95. The molecule has 0 saturated heterocycles. The van der Waals surface area contributed by atoms with Crippen LogP contribution in [0.25, 0.3) is 16.8 Å². The lowest BCUT2D eigenvalue weighted by molar-refractivity contribution is 0.248. The lowest BCUT2D eigenvalue weighted by Crippen LogP contribution is -2.35. The van der Waals surface area contributed by atoms with Crippen molar-refractivity contribution in [1.29, 1.82) is 5.26 Å². The third-order valence-corrected chi connectivity index (χ3v) is 5.64. The fourth-order valence-electron chi connectivity index (χ4n) is 2.89. The fourth-order valence-corrected chi connectivity index (χ4v) is 3.62. The Balaban J connectivity index is 2.21. The molecule has 0 amide bonds. The summed E-state index contributed by atoms with van der Waals surface area (Å²) in [5, 5.41) is 20.9. The van der Waals surface area contributed by atoms with Gasteiger partial charge in [0.1, 0.15) is 11.0 Å². The normalized spacial score (nSPS) is 12.2. The number of benzene rings is 2. The van der Waals surface area contributed by atoms with E-state index in [2.05, 4.69) is 59.9 Å². The molecule has 0 spiro atoms. The Hall–Kier alpha value is -2.00. The Kier molecular flexibility index (Phi) is 7.73. The van der Waals surface area contributed by atoms with Crippen molar-refractivity contribution >= 4 is 34.5 Å². The van der Waals surface area contributed by atoms with E-state index in [4.69, 9.17) is 5.11 Å². The smallest absolute Gasteiger partial charge is 0.107 e. The summed E-state index contributed by atoms with van der Waals surface area (Å²) in [6.45, 7) is 10.4. The minimum absolute atomic E-state index is 0.117. The van der Waals surface area contributed by atoms with Gasteiger partial charge in [0.05, 0.1) is 0 Å². The van der Waals surface area contributed by atoms with Crippen molar-refractivity contribution < 1.29 is 5.11 Å². The van der Waals surface area contributed by atoms with Crippen molar-refractivity contribution in [3.8, 4) is 6.07 Å². The number of aliphatic hydroxyl groups is 1. The topological polar surface area (TPSA) is 59.3 Å². The average Bonchev–Trinajstić information content (AvgIpc) is 2.66. The first-order valence-corrected chi connectivity index (χ1v) is 10.2. The van der Waals surface area contributed by atoms with Gasteiger partial charge in [-0.05, 0) is 86.7 Å². The largest absolute Gasteiger partial charge is 0.396 e. The molecule has 0 saturated carbocycles. The van der Waals surface area contributed by atoms with E-state index in [0.29, 0.717) is 11.3 Å². The molecule has 0 aliphatic rings. The number of aliphatic hydroxyl groups excluding tert-OH is 1. The minimum Gasteiger partial charge on any atom is -0.396 e. The molecule has 0 fully saturated rings. The molecule has 0 aliphatic heterocycles. The number of anilines is 1. The second-order valence-corrected chi connectivity index (χ2v) is 7.99. The lowest BCUT2D eigenvalue weighted by atomic mass is 10.0. The van der Waals surface area contributed by atoms with Gasteiger partial charge in [-0.2, -0.15) is 5.26 Å². The quantitative estimate of drug-likeness (QED) is 0.474. The summed E-state index contributed by atoms with van der Waals surface area (Å²) in [6, 6.07) is 15.0. The van der Waals surface area contributed by atoms with E-state index in [1.165, 1.54) is 23.0 Å². The summed E-state index contributed by atoms with van der Waals surface area (Å²) in [7, 11) is 0. The molecular weight excluding hydrogens is 354 g/mol. The first kappa shape index (κ1) is 21.3. The van der Waals surface area contributed by atoms with Crippen LogP contribution < -0.4 is 9.62 Å². The molecule has 0 unspecified atom stereocenters. The Morgan fingerprint density at radius 1 is 1.19 bits per heavy atom. The van der Waals surface area contributed by atoms with Crippen LogP contribution in [0.1, 0.15) is 39.7 Å². The second-order valence-electron chi connectivity index (χ2n) is 7.15. The van der Waals surface area contributed by atoms with Crippen LogP contribution in [0.2, 0.25) is 0 Å². The molecule has 144 valence electrons. The van der Waals surface area contributed by atoms with Crippen molar-refractivity contribution in [2.75, 3.05) is 24.6 Å². The van der Waals surface area contributed by atoms with Crippen LogP contribution in [0.5, 0.6) is 0 Å². The summed E-state index contributed by atoms with van der Waals surface area (Å²) in [5.74, 6) is 0. The maximum Gasteiger partial charge on any atom is 0.107 e. The van der Waals surface area contributed by atoms with E-state index in [-0.39, 0.29) is 12.1 Å². The summed E-state index contributed by atoms with van der Waals surface area (Å²) < 4.78 is 3.26. The van der Waals surface area contributed by atoms with Crippen LogP contribution in [0.3, 0.4) is 0 Å². The highest BCUT2D eigenvalue weighted by molar-refractivity contribution is 8.01. The maximum atomic E-state index is 9.45. The standard InChI is InChI=1S/C22H29N3OS/c1-5-25(6-2)20-10-9-18-13-17(7-8-19(18)15-20)14-21(16-23)27-24-22(3,4)11-12-26/h7-10,13-15,24,26H,5-6,11-12H2,1-4H3/b21-14+. The van der Waals surface area contributed by atoms with Gasteiger partial charge < -0.3 is 10.0 Å². The summed E-state index contributed by atoms with van der Waals surface area (Å²) in [5.41, 5.74) is 2.00. The van der Waals surface area contributed by atoms with Crippen molar-refractivity contribution in [2.45, 2.75) is 39.7 Å². The number of nitrogens with one attached hydrogen (secondary N) is 1. The van der Waals surface area contributed by atoms with Crippen LogP contribution >= 0.6 is 11.9 Å². The third-order valence-electron chi connectivity index (χ3n) is 4.56. The van der Waals surface area contributed by atoms with E-state index < -0.39 is 0 Å². The first-order valence-electron chi connectivity index (χ1n) is 9.38. The van der Waals surface area contributed by atoms with Gasteiger partial charge in [-0.3, -0.25) is 4.72 Å². The van der Waals surface area contributed by atoms with Crippen molar-refractivity contribution in [2.24, 2.45) is 0 Å². The first-order chi connectivity index (χ1) is 12.9. The van der Waals surface area contributed by atoms with Crippen LogP contribution in [-0.4, -0.2) is 30.3 Å². The zero-order chi connectivity index (χ0) is 19.9. The summed E-state index contributed by atoms with van der Waals surface area (Å²) in [6.07, 6.45) is 2.52. The van der Waals surface area contributed by atoms with E-state index in [9.17, 15) is 5.26 Å². The molecule has 2 aromatic carbocycles. The van der Waals surface area contributed by atoms with Gasteiger partial charge in [0.25, 0.3) is 0 Å². The van der Waals surface area contributed by atoms with E-state index in [1.807, 2.05) is 26.0 Å². The molecule has 0 aliphatic carbocycles. The van der Waals surface area contributed by atoms with Crippen LogP contribution in [0.15, 0.2) is 41.3 Å². The number of hydrogen-bond donors (Lipinski definition) is 2. The number of nitriles is 1. The highest BCUT2D eigenvalue weighted by atomic mass is 32.2. The Labute approximate surface area is 167 Å². The van der Waals surface area contributed by atoms with Crippen molar-refractivity contribution in [3.63, 3.8) is 0 Å². The summed E-state index contributed by atoms with van der Waals surface area (Å²) >= 11 is 1.31. The monoisotopic (exact) mass is 383 g/mol. The van der Waals surface area contributed by atoms with Gasteiger partial charge in [0.15, 0.2) is 0 Å².